The monoisotopic (exact) mass is 368 g/mol. The van der Waals surface area contributed by atoms with Gasteiger partial charge in [0.2, 0.25) is 5.88 Å². The Morgan fingerprint density at radius 3 is 2.26 bits per heavy atom. The molecular weight excluding hydrogens is 340 g/mol. The summed E-state index contributed by atoms with van der Waals surface area (Å²) >= 11 is 0. The van der Waals surface area contributed by atoms with Crippen LogP contribution < -0.4 is 14.5 Å². The number of pyridine rings is 1. The molecule has 7 nitrogen and oxygen atoms in total. The first kappa shape index (κ1) is 18.0. The Bertz CT molecular complexity index is 769. The van der Waals surface area contributed by atoms with E-state index < -0.39 is 0 Å². The summed E-state index contributed by atoms with van der Waals surface area (Å²) in [5.74, 6) is 3.69. The molecule has 2 aromatic rings. The van der Waals surface area contributed by atoms with Gasteiger partial charge >= 0.3 is 0 Å². The van der Waals surface area contributed by atoms with Gasteiger partial charge in [-0.3, -0.25) is 4.90 Å². The minimum absolute atomic E-state index is 0.678. The van der Waals surface area contributed by atoms with Crippen molar-refractivity contribution >= 4 is 11.6 Å². The van der Waals surface area contributed by atoms with E-state index in [1.165, 1.54) is 18.4 Å². The summed E-state index contributed by atoms with van der Waals surface area (Å²) in [6.45, 7) is 9.15. The number of hydrogen-bond donors (Lipinski definition) is 0. The molecule has 4 heterocycles. The second-order valence-corrected chi connectivity index (χ2v) is 7.30. The van der Waals surface area contributed by atoms with Crippen LogP contribution in [0.15, 0.2) is 24.4 Å². The van der Waals surface area contributed by atoms with Crippen LogP contribution in [0.25, 0.3) is 0 Å². The highest BCUT2D eigenvalue weighted by molar-refractivity contribution is 5.51. The van der Waals surface area contributed by atoms with Crippen LogP contribution in [-0.4, -0.2) is 66.2 Å². The van der Waals surface area contributed by atoms with Crippen molar-refractivity contribution in [3.05, 3.63) is 35.8 Å². The maximum atomic E-state index is 5.23. The summed E-state index contributed by atoms with van der Waals surface area (Å²) in [4.78, 5) is 20.8. The second kappa shape index (κ2) is 8.08. The summed E-state index contributed by atoms with van der Waals surface area (Å²) in [6, 6.07) is 6.25. The van der Waals surface area contributed by atoms with Crippen molar-refractivity contribution in [3.8, 4) is 5.88 Å². The summed E-state index contributed by atoms with van der Waals surface area (Å²) in [5, 5.41) is 0. The minimum Gasteiger partial charge on any atom is -0.481 e. The molecule has 0 atom stereocenters. The Balaban J connectivity index is 1.38. The molecule has 0 amide bonds. The van der Waals surface area contributed by atoms with Crippen molar-refractivity contribution in [2.45, 2.75) is 26.3 Å². The largest absolute Gasteiger partial charge is 0.481 e. The van der Waals surface area contributed by atoms with Crippen LogP contribution in [0.3, 0.4) is 0 Å². The van der Waals surface area contributed by atoms with Crippen molar-refractivity contribution in [1.82, 2.24) is 19.9 Å². The molecule has 2 aliphatic rings. The van der Waals surface area contributed by atoms with Gasteiger partial charge in [0.1, 0.15) is 17.5 Å². The van der Waals surface area contributed by atoms with Gasteiger partial charge in [0, 0.05) is 64.1 Å². The Labute approximate surface area is 161 Å². The molecule has 2 aromatic heterocycles. The molecule has 0 spiro atoms. The molecule has 2 fully saturated rings. The van der Waals surface area contributed by atoms with Crippen LogP contribution in [0.1, 0.15) is 24.2 Å². The molecule has 2 aliphatic heterocycles. The fourth-order valence-corrected chi connectivity index (χ4v) is 3.86. The topological polar surface area (TPSA) is 57.6 Å². The lowest BCUT2D eigenvalue weighted by Crippen LogP contribution is -2.46. The first-order valence-electron chi connectivity index (χ1n) is 9.78. The number of nitrogens with zero attached hydrogens (tertiary/aromatic N) is 6. The van der Waals surface area contributed by atoms with Gasteiger partial charge in [-0.05, 0) is 31.4 Å². The van der Waals surface area contributed by atoms with Crippen LogP contribution in [0, 0.1) is 6.92 Å². The molecule has 144 valence electrons. The van der Waals surface area contributed by atoms with Crippen LogP contribution in [0.4, 0.5) is 11.6 Å². The quantitative estimate of drug-likeness (QED) is 0.801. The van der Waals surface area contributed by atoms with Crippen molar-refractivity contribution in [2.24, 2.45) is 0 Å². The zero-order chi connectivity index (χ0) is 18.6. The number of aromatic nitrogens is 3. The molecule has 0 radical (unpaired) electrons. The lowest BCUT2D eigenvalue weighted by molar-refractivity contribution is 0.248. The van der Waals surface area contributed by atoms with E-state index in [0.717, 1.165) is 63.3 Å². The van der Waals surface area contributed by atoms with E-state index in [-0.39, 0.29) is 0 Å². The average Bonchev–Trinajstić information content (AvgIpc) is 3.23. The fraction of sp³-hybridized carbons (Fsp3) is 0.550. The Morgan fingerprint density at radius 1 is 0.926 bits per heavy atom. The third kappa shape index (κ3) is 4.30. The highest BCUT2D eigenvalue weighted by Crippen LogP contribution is 2.23. The highest BCUT2D eigenvalue weighted by Gasteiger charge is 2.21. The normalized spacial score (nSPS) is 18.1. The lowest BCUT2D eigenvalue weighted by Gasteiger charge is -2.35. The third-order valence-corrected chi connectivity index (χ3v) is 5.35. The molecule has 7 heteroatoms. The predicted octanol–water partition coefficient (Wildman–Crippen LogP) is 2.11. The van der Waals surface area contributed by atoms with E-state index in [9.17, 15) is 0 Å². The number of piperazine rings is 1. The van der Waals surface area contributed by atoms with E-state index in [1.54, 1.807) is 7.11 Å². The van der Waals surface area contributed by atoms with Gasteiger partial charge in [-0.25, -0.2) is 15.0 Å². The molecule has 0 aliphatic carbocycles. The highest BCUT2D eigenvalue weighted by atomic mass is 16.5. The summed E-state index contributed by atoms with van der Waals surface area (Å²) < 4.78 is 5.23. The van der Waals surface area contributed by atoms with Gasteiger partial charge < -0.3 is 14.5 Å². The maximum Gasteiger partial charge on any atom is 0.213 e. The number of rotatable bonds is 5. The zero-order valence-electron chi connectivity index (χ0n) is 16.3. The molecule has 0 N–H and O–H groups in total. The van der Waals surface area contributed by atoms with Crippen molar-refractivity contribution in [1.29, 1.82) is 0 Å². The van der Waals surface area contributed by atoms with Crippen LogP contribution >= 0.6 is 0 Å². The van der Waals surface area contributed by atoms with Crippen LogP contribution in [0.5, 0.6) is 5.88 Å². The predicted molar refractivity (Wildman–Crippen MR) is 106 cm³/mol. The Hall–Kier alpha value is -2.41. The Morgan fingerprint density at radius 2 is 1.59 bits per heavy atom. The number of aryl methyl sites for hydroxylation is 1. The smallest absolute Gasteiger partial charge is 0.213 e. The molecule has 0 bridgehead atoms. The average molecular weight is 368 g/mol. The molecule has 2 saturated heterocycles. The Kier molecular flexibility index (Phi) is 5.38. The molecule has 0 saturated carbocycles. The van der Waals surface area contributed by atoms with Gasteiger partial charge in [-0.2, -0.15) is 0 Å². The van der Waals surface area contributed by atoms with Gasteiger partial charge in [-0.15, -0.1) is 0 Å². The molecular formula is C20H28N6O. The summed E-state index contributed by atoms with van der Waals surface area (Å²) in [6.07, 6.45) is 4.33. The van der Waals surface area contributed by atoms with E-state index in [2.05, 4.69) is 36.8 Å². The van der Waals surface area contributed by atoms with Crippen molar-refractivity contribution in [2.75, 3.05) is 56.2 Å². The first-order chi connectivity index (χ1) is 13.2. The molecule has 4 rings (SSSR count). The molecule has 0 unspecified atom stereocenters. The number of ether oxygens (including phenoxy) is 1. The van der Waals surface area contributed by atoms with Crippen molar-refractivity contribution < 1.29 is 4.74 Å². The number of hydrogen-bond acceptors (Lipinski definition) is 7. The first-order valence-corrected chi connectivity index (χ1v) is 9.78. The molecule has 27 heavy (non-hydrogen) atoms. The summed E-state index contributed by atoms with van der Waals surface area (Å²) in [7, 11) is 1.66. The van der Waals surface area contributed by atoms with Crippen LogP contribution in [0.2, 0.25) is 0 Å². The maximum absolute atomic E-state index is 5.23. The van der Waals surface area contributed by atoms with E-state index in [0.29, 0.717) is 5.88 Å². The van der Waals surface area contributed by atoms with E-state index >= 15 is 0 Å². The van der Waals surface area contributed by atoms with Gasteiger partial charge in [0.25, 0.3) is 0 Å². The van der Waals surface area contributed by atoms with E-state index in [4.69, 9.17) is 9.72 Å². The van der Waals surface area contributed by atoms with Crippen LogP contribution in [-0.2, 0) is 6.54 Å². The lowest BCUT2D eigenvalue weighted by atomic mass is 10.2. The van der Waals surface area contributed by atoms with Crippen molar-refractivity contribution in [3.63, 3.8) is 0 Å². The number of anilines is 2. The third-order valence-electron chi connectivity index (χ3n) is 5.35. The zero-order valence-corrected chi connectivity index (χ0v) is 16.3. The molecule has 0 aromatic carbocycles. The standard InChI is InChI=1S/C20H28N6O/c1-16-22-18(25-7-3-4-8-25)14-19(23-16)26-11-9-24(10-12-26)15-17-5-6-21-20(13-17)27-2/h5-6,13-14H,3-4,7-12,15H2,1-2H3. The van der Waals surface area contributed by atoms with E-state index in [1.807, 2.05) is 19.2 Å². The van der Waals surface area contributed by atoms with Gasteiger partial charge in [0.15, 0.2) is 0 Å². The fourth-order valence-electron chi connectivity index (χ4n) is 3.86. The van der Waals surface area contributed by atoms with Gasteiger partial charge in [-0.1, -0.05) is 0 Å². The van der Waals surface area contributed by atoms with Gasteiger partial charge in [0.05, 0.1) is 7.11 Å². The minimum atomic E-state index is 0.678. The SMILES string of the molecule is COc1cc(CN2CCN(c3cc(N4CCCC4)nc(C)n3)CC2)ccn1. The summed E-state index contributed by atoms with van der Waals surface area (Å²) in [5.41, 5.74) is 1.24. The second-order valence-electron chi connectivity index (χ2n) is 7.30. The number of methoxy groups -OCH3 is 1.